The van der Waals surface area contributed by atoms with E-state index in [-0.39, 0.29) is 17.2 Å². The first-order chi connectivity index (χ1) is 12.4. The molecule has 0 aliphatic rings. The van der Waals surface area contributed by atoms with Crippen LogP contribution >= 0.6 is 11.8 Å². The van der Waals surface area contributed by atoms with E-state index in [2.05, 4.69) is 15.3 Å². The molecular weight excluding hydrogens is 354 g/mol. The minimum Gasteiger partial charge on any atom is -0.293 e. The lowest BCUT2D eigenvalue weighted by Gasteiger charge is -2.04. The molecule has 9 heteroatoms. The molecule has 132 valence electrons. The van der Waals surface area contributed by atoms with Crippen molar-refractivity contribution in [1.82, 2.24) is 20.0 Å². The van der Waals surface area contributed by atoms with Crippen LogP contribution in [0.4, 0.5) is 5.69 Å². The van der Waals surface area contributed by atoms with Crippen molar-refractivity contribution >= 4 is 23.2 Å². The highest BCUT2D eigenvalue weighted by molar-refractivity contribution is 7.99. The second-order valence-corrected chi connectivity index (χ2v) is 6.58. The van der Waals surface area contributed by atoms with E-state index in [9.17, 15) is 14.9 Å². The maximum Gasteiger partial charge on any atom is 0.269 e. The summed E-state index contributed by atoms with van der Waals surface area (Å²) < 4.78 is 1.71. The number of aryl methyl sites for hydroxylation is 2. The largest absolute Gasteiger partial charge is 0.293 e. The highest BCUT2D eigenvalue weighted by Crippen LogP contribution is 2.19. The van der Waals surface area contributed by atoms with Crippen LogP contribution in [-0.4, -0.2) is 36.4 Å². The van der Waals surface area contributed by atoms with Gasteiger partial charge in [0.05, 0.1) is 16.4 Å². The van der Waals surface area contributed by atoms with Crippen LogP contribution in [0.25, 0.3) is 5.82 Å². The standard InChI is InChI=1S/C17H15N5O3S/c1-11-9-12(2)21(20-11)16-7-8-17(19-18-16)26-10-15(23)13-3-5-14(6-4-13)22(24)25/h3-9H,10H2,1-2H3. The van der Waals surface area contributed by atoms with Gasteiger partial charge >= 0.3 is 0 Å². The normalized spacial score (nSPS) is 10.7. The molecule has 0 fully saturated rings. The topological polar surface area (TPSA) is 104 Å². The van der Waals surface area contributed by atoms with Gasteiger partial charge in [0, 0.05) is 23.4 Å². The summed E-state index contributed by atoms with van der Waals surface area (Å²) in [5.74, 6) is 0.655. The number of hydrogen-bond donors (Lipinski definition) is 0. The predicted molar refractivity (Wildman–Crippen MR) is 96.8 cm³/mol. The Morgan fingerprint density at radius 1 is 1.15 bits per heavy atom. The maximum absolute atomic E-state index is 12.2. The molecule has 0 unspecified atom stereocenters. The van der Waals surface area contributed by atoms with Gasteiger partial charge in [-0.05, 0) is 44.2 Å². The van der Waals surface area contributed by atoms with Crippen LogP contribution in [0.1, 0.15) is 21.7 Å². The van der Waals surface area contributed by atoms with Gasteiger partial charge in [-0.3, -0.25) is 14.9 Å². The lowest BCUT2D eigenvalue weighted by molar-refractivity contribution is -0.384. The van der Waals surface area contributed by atoms with E-state index < -0.39 is 4.92 Å². The van der Waals surface area contributed by atoms with E-state index in [1.54, 1.807) is 16.8 Å². The molecule has 8 nitrogen and oxygen atoms in total. The molecular formula is C17H15N5O3S. The molecule has 1 aromatic carbocycles. The van der Waals surface area contributed by atoms with Crippen molar-refractivity contribution in [1.29, 1.82) is 0 Å². The van der Waals surface area contributed by atoms with E-state index >= 15 is 0 Å². The maximum atomic E-state index is 12.2. The molecule has 0 amide bonds. The summed E-state index contributed by atoms with van der Waals surface area (Å²) in [5, 5.41) is 23.9. The summed E-state index contributed by atoms with van der Waals surface area (Å²) in [6.45, 7) is 3.85. The predicted octanol–water partition coefficient (Wildman–Crippen LogP) is 3.16. The van der Waals surface area contributed by atoms with E-state index in [0.717, 1.165) is 11.4 Å². The number of ketones is 1. The number of aromatic nitrogens is 4. The third-order valence-electron chi connectivity index (χ3n) is 3.60. The molecule has 0 N–H and O–H groups in total. The molecule has 0 atom stereocenters. The van der Waals surface area contributed by atoms with Crippen molar-refractivity contribution in [3.8, 4) is 5.82 Å². The van der Waals surface area contributed by atoms with Crippen molar-refractivity contribution < 1.29 is 9.72 Å². The number of rotatable bonds is 6. The minimum atomic E-state index is -0.497. The number of carbonyl (C=O) groups is 1. The molecule has 0 aliphatic carbocycles. The van der Waals surface area contributed by atoms with Crippen LogP contribution in [0.15, 0.2) is 47.5 Å². The fourth-order valence-corrected chi connectivity index (χ4v) is 3.06. The molecule has 2 aromatic heterocycles. The molecule has 3 aromatic rings. The first-order valence-electron chi connectivity index (χ1n) is 7.72. The molecule has 0 spiro atoms. The van der Waals surface area contributed by atoms with Crippen LogP contribution in [0.5, 0.6) is 0 Å². The number of nitro groups is 1. The Labute approximate surface area is 153 Å². The van der Waals surface area contributed by atoms with Gasteiger partial charge in [-0.1, -0.05) is 11.8 Å². The fourth-order valence-electron chi connectivity index (χ4n) is 2.36. The van der Waals surface area contributed by atoms with Gasteiger partial charge in [0.1, 0.15) is 5.03 Å². The van der Waals surface area contributed by atoms with Gasteiger partial charge in [-0.25, -0.2) is 4.68 Å². The molecule has 0 bridgehead atoms. The summed E-state index contributed by atoms with van der Waals surface area (Å²) in [7, 11) is 0. The Morgan fingerprint density at radius 3 is 2.42 bits per heavy atom. The highest BCUT2D eigenvalue weighted by Gasteiger charge is 2.11. The van der Waals surface area contributed by atoms with Crippen molar-refractivity contribution in [2.75, 3.05) is 5.75 Å². The number of thioether (sulfide) groups is 1. The molecule has 2 heterocycles. The number of carbonyl (C=O) groups excluding carboxylic acids is 1. The lowest BCUT2D eigenvalue weighted by atomic mass is 10.1. The quantitative estimate of drug-likeness (QED) is 0.284. The number of nitrogens with zero attached hydrogens (tertiary/aromatic N) is 5. The summed E-state index contributed by atoms with van der Waals surface area (Å²) in [6, 6.07) is 11.1. The number of benzene rings is 1. The Hall–Kier alpha value is -3.07. The smallest absolute Gasteiger partial charge is 0.269 e. The summed E-state index contributed by atoms with van der Waals surface area (Å²) in [6.07, 6.45) is 0. The SMILES string of the molecule is Cc1cc(C)n(-c2ccc(SCC(=O)c3ccc([N+](=O)[O-])cc3)nn2)n1. The van der Waals surface area contributed by atoms with E-state index in [4.69, 9.17) is 0 Å². The Kier molecular flexibility index (Phi) is 5.08. The van der Waals surface area contributed by atoms with Crippen LogP contribution < -0.4 is 0 Å². The molecule has 0 saturated carbocycles. The molecule has 0 aliphatic heterocycles. The van der Waals surface area contributed by atoms with Gasteiger partial charge in [-0.2, -0.15) is 5.10 Å². The lowest BCUT2D eigenvalue weighted by Crippen LogP contribution is -2.05. The van der Waals surface area contributed by atoms with Gasteiger partial charge < -0.3 is 0 Å². The Bertz CT molecular complexity index is 952. The molecule has 0 saturated heterocycles. The van der Waals surface area contributed by atoms with E-state index in [1.165, 1.54) is 36.0 Å². The second kappa shape index (κ2) is 7.44. The average molecular weight is 369 g/mol. The third-order valence-corrected chi connectivity index (χ3v) is 4.52. The van der Waals surface area contributed by atoms with Crippen LogP contribution in [-0.2, 0) is 0 Å². The highest BCUT2D eigenvalue weighted by atomic mass is 32.2. The number of non-ortho nitro benzene ring substituents is 1. The zero-order valence-corrected chi connectivity index (χ0v) is 14.9. The zero-order valence-electron chi connectivity index (χ0n) is 14.1. The summed E-state index contributed by atoms with van der Waals surface area (Å²) >= 11 is 1.26. The summed E-state index contributed by atoms with van der Waals surface area (Å²) in [4.78, 5) is 22.3. The summed E-state index contributed by atoms with van der Waals surface area (Å²) in [5.41, 5.74) is 2.25. The monoisotopic (exact) mass is 369 g/mol. The molecule has 0 radical (unpaired) electrons. The molecule has 26 heavy (non-hydrogen) atoms. The zero-order chi connectivity index (χ0) is 18.7. The van der Waals surface area contributed by atoms with E-state index in [0.29, 0.717) is 16.4 Å². The van der Waals surface area contributed by atoms with Crippen LogP contribution in [0.3, 0.4) is 0 Å². The average Bonchev–Trinajstić information content (AvgIpc) is 2.98. The van der Waals surface area contributed by atoms with Crippen LogP contribution in [0, 0.1) is 24.0 Å². The van der Waals surface area contributed by atoms with E-state index in [1.807, 2.05) is 19.9 Å². The van der Waals surface area contributed by atoms with Crippen molar-refractivity contribution in [2.45, 2.75) is 18.9 Å². The van der Waals surface area contributed by atoms with Gasteiger partial charge in [0.15, 0.2) is 11.6 Å². The van der Waals surface area contributed by atoms with Gasteiger partial charge in [-0.15, -0.1) is 10.2 Å². The first kappa shape index (κ1) is 17.7. The second-order valence-electron chi connectivity index (χ2n) is 5.58. The van der Waals surface area contributed by atoms with Gasteiger partial charge in [0.2, 0.25) is 0 Å². The minimum absolute atomic E-state index is 0.0418. The Morgan fingerprint density at radius 2 is 1.88 bits per heavy atom. The third kappa shape index (κ3) is 3.94. The van der Waals surface area contributed by atoms with Crippen molar-refractivity contribution in [2.24, 2.45) is 0 Å². The Balaban J connectivity index is 1.63. The van der Waals surface area contributed by atoms with Crippen molar-refractivity contribution in [3.05, 3.63) is 69.5 Å². The fraction of sp³-hybridized carbons (Fsp3) is 0.176. The number of Topliss-reactive ketones (excluding diaryl/α,β-unsaturated/α-hetero) is 1. The van der Waals surface area contributed by atoms with Crippen molar-refractivity contribution in [3.63, 3.8) is 0 Å². The number of hydrogen-bond acceptors (Lipinski definition) is 7. The number of nitro benzene ring substituents is 1. The molecule has 3 rings (SSSR count). The van der Waals surface area contributed by atoms with Crippen LogP contribution in [0.2, 0.25) is 0 Å². The van der Waals surface area contributed by atoms with Gasteiger partial charge in [0.25, 0.3) is 5.69 Å². The first-order valence-corrected chi connectivity index (χ1v) is 8.70.